The predicted molar refractivity (Wildman–Crippen MR) is 69.6 cm³/mol. The molecule has 0 heterocycles. The summed E-state index contributed by atoms with van der Waals surface area (Å²) in [6, 6.07) is 7.29. The number of nitrogens with two attached hydrogens (primary N) is 1. The van der Waals surface area contributed by atoms with E-state index in [-0.39, 0.29) is 12.1 Å². The normalized spacial score (nSPS) is 12.5. The minimum atomic E-state index is -0.178. The Morgan fingerprint density at radius 3 is 2.35 bits per heavy atom. The van der Waals surface area contributed by atoms with E-state index in [9.17, 15) is 4.79 Å². The Morgan fingerprint density at radius 2 is 1.82 bits per heavy atom. The van der Waals surface area contributed by atoms with Crippen molar-refractivity contribution in [1.29, 1.82) is 0 Å². The van der Waals surface area contributed by atoms with Gasteiger partial charge in [0.1, 0.15) is 0 Å². The van der Waals surface area contributed by atoms with Crippen LogP contribution in [0, 0.1) is 5.92 Å². The molecule has 1 aromatic rings. The van der Waals surface area contributed by atoms with E-state index in [0.29, 0.717) is 18.0 Å². The van der Waals surface area contributed by atoms with Gasteiger partial charge in [-0.2, -0.15) is 0 Å². The van der Waals surface area contributed by atoms with E-state index in [1.54, 1.807) is 12.1 Å². The standard InChI is InChI=1S/C14H21NO2/c1-10(2)8-11(3)17-14(16)9-12-4-6-13(15)7-5-12/h4-7,10-11H,8-9,15H2,1-3H3. The summed E-state index contributed by atoms with van der Waals surface area (Å²) in [5.74, 6) is 0.359. The van der Waals surface area contributed by atoms with Gasteiger partial charge in [0.2, 0.25) is 0 Å². The van der Waals surface area contributed by atoms with Crippen molar-refractivity contribution in [2.24, 2.45) is 5.92 Å². The third-order valence-electron chi connectivity index (χ3n) is 2.46. The molecular weight excluding hydrogens is 214 g/mol. The van der Waals surface area contributed by atoms with Gasteiger partial charge in [-0.1, -0.05) is 26.0 Å². The van der Waals surface area contributed by atoms with Crippen LogP contribution >= 0.6 is 0 Å². The lowest BCUT2D eigenvalue weighted by Gasteiger charge is -2.15. The largest absolute Gasteiger partial charge is 0.462 e. The first kappa shape index (κ1) is 13.6. The van der Waals surface area contributed by atoms with Crippen LogP contribution in [-0.2, 0) is 16.0 Å². The molecule has 0 aromatic heterocycles. The summed E-state index contributed by atoms with van der Waals surface area (Å²) in [6.07, 6.45) is 1.19. The molecule has 17 heavy (non-hydrogen) atoms. The van der Waals surface area contributed by atoms with Crippen molar-refractivity contribution in [2.75, 3.05) is 5.73 Å². The maximum atomic E-state index is 11.6. The smallest absolute Gasteiger partial charge is 0.310 e. The highest BCUT2D eigenvalue weighted by atomic mass is 16.5. The molecule has 0 saturated carbocycles. The van der Waals surface area contributed by atoms with Gasteiger partial charge < -0.3 is 10.5 Å². The predicted octanol–water partition coefficient (Wildman–Crippen LogP) is 2.79. The molecule has 1 unspecified atom stereocenters. The second-order valence-electron chi connectivity index (χ2n) is 4.85. The molecule has 1 atom stereocenters. The summed E-state index contributed by atoms with van der Waals surface area (Å²) in [7, 11) is 0. The summed E-state index contributed by atoms with van der Waals surface area (Å²) in [5.41, 5.74) is 7.21. The first-order chi connectivity index (χ1) is 7.97. The van der Waals surface area contributed by atoms with Crippen LogP contribution in [0.25, 0.3) is 0 Å². The van der Waals surface area contributed by atoms with Gasteiger partial charge in [0, 0.05) is 5.69 Å². The molecule has 0 aliphatic carbocycles. The third-order valence-corrected chi connectivity index (χ3v) is 2.46. The number of benzene rings is 1. The molecule has 1 rings (SSSR count). The summed E-state index contributed by atoms with van der Waals surface area (Å²) in [4.78, 5) is 11.6. The van der Waals surface area contributed by atoms with Gasteiger partial charge in [0.25, 0.3) is 0 Å². The molecule has 0 spiro atoms. The van der Waals surface area contributed by atoms with Gasteiger partial charge >= 0.3 is 5.97 Å². The van der Waals surface area contributed by atoms with E-state index >= 15 is 0 Å². The Morgan fingerprint density at radius 1 is 1.24 bits per heavy atom. The van der Waals surface area contributed by atoms with E-state index in [4.69, 9.17) is 10.5 Å². The van der Waals surface area contributed by atoms with E-state index in [1.807, 2.05) is 19.1 Å². The van der Waals surface area contributed by atoms with Crippen molar-refractivity contribution in [3.63, 3.8) is 0 Å². The van der Waals surface area contributed by atoms with Crippen LogP contribution < -0.4 is 5.73 Å². The van der Waals surface area contributed by atoms with E-state index in [1.165, 1.54) is 0 Å². The Bertz CT molecular complexity index is 357. The van der Waals surface area contributed by atoms with Crippen molar-refractivity contribution in [2.45, 2.75) is 39.7 Å². The van der Waals surface area contributed by atoms with Crippen LogP contribution in [-0.4, -0.2) is 12.1 Å². The minimum absolute atomic E-state index is 0.0173. The van der Waals surface area contributed by atoms with Gasteiger partial charge in [-0.25, -0.2) is 0 Å². The second-order valence-corrected chi connectivity index (χ2v) is 4.85. The van der Waals surface area contributed by atoms with Crippen LogP contribution in [0.15, 0.2) is 24.3 Å². The molecule has 94 valence electrons. The quantitative estimate of drug-likeness (QED) is 0.630. The lowest BCUT2D eigenvalue weighted by Crippen LogP contribution is -2.18. The average molecular weight is 235 g/mol. The third kappa shape index (κ3) is 5.38. The lowest BCUT2D eigenvalue weighted by atomic mass is 10.1. The molecule has 0 saturated heterocycles. The van der Waals surface area contributed by atoms with Gasteiger partial charge in [0.15, 0.2) is 0 Å². The lowest BCUT2D eigenvalue weighted by molar-refractivity contribution is -0.148. The molecule has 0 radical (unpaired) electrons. The monoisotopic (exact) mass is 235 g/mol. The van der Waals surface area contributed by atoms with Gasteiger partial charge in [0.05, 0.1) is 12.5 Å². The number of hydrogen-bond acceptors (Lipinski definition) is 3. The van der Waals surface area contributed by atoms with Gasteiger partial charge in [-0.3, -0.25) is 4.79 Å². The van der Waals surface area contributed by atoms with Crippen LogP contribution in [0.4, 0.5) is 5.69 Å². The number of nitrogen functional groups attached to an aromatic ring is 1. The summed E-state index contributed by atoms with van der Waals surface area (Å²) in [6.45, 7) is 6.16. The van der Waals surface area contributed by atoms with Crippen molar-refractivity contribution in [1.82, 2.24) is 0 Å². The Balaban J connectivity index is 2.41. The fourth-order valence-corrected chi connectivity index (χ4v) is 1.78. The van der Waals surface area contributed by atoms with Crippen molar-refractivity contribution >= 4 is 11.7 Å². The molecule has 3 nitrogen and oxygen atoms in total. The first-order valence-corrected chi connectivity index (χ1v) is 6.01. The summed E-state index contributed by atoms with van der Waals surface area (Å²) < 4.78 is 5.33. The molecule has 0 bridgehead atoms. The number of hydrogen-bond donors (Lipinski definition) is 1. The number of esters is 1. The molecule has 0 aliphatic rings. The van der Waals surface area contributed by atoms with Gasteiger partial charge in [-0.15, -0.1) is 0 Å². The number of ether oxygens (including phenoxy) is 1. The van der Waals surface area contributed by atoms with Crippen LogP contribution in [0.2, 0.25) is 0 Å². The van der Waals surface area contributed by atoms with Crippen molar-refractivity contribution in [3.05, 3.63) is 29.8 Å². The first-order valence-electron chi connectivity index (χ1n) is 6.01. The van der Waals surface area contributed by atoms with Crippen LogP contribution in [0.3, 0.4) is 0 Å². The molecular formula is C14H21NO2. The molecule has 0 aliphatic heterocycles. The molecule has 2 N–H and O–H groups in total. The van der Waals surface area contributed by atoms with E-state index in [0.717, 1.165) is 12.0 Å². The number of anilines is 1. The average Bonchev–Trinajstić information content (AvgIpc) is 2.19. The molecule has 0 amide bonds. The molecule has 0 fully saturated rings. The number of carbonyl (C=O) groups is 1. The molecule has 3 heteroatoms. The summed E-state index contributed by atoms with van der Waals surface area (Å²) in [5, 5.41) is 0. The van der Waals surface area contributed by atoms with Crippen molar-refractivity contribution < 1.29 is 9.53 Å². The second kappa shape index (κ2) is 6.28. The Labute approximate surface area is 103 Å². The zero-order chi connectivity index (χ0) is 12.8. The van der Waals surface area contributed by atoms with E-state index in [2.05, 4.69) is 13.8 Å². The highest BCUT2D eigenvalue weighted by molar-refractivity contribution is 5.72. The SMILES string of the molecule is CC(C)CC(C)OC(=O)Cc1ccc(N)cc1. The zero-order valence-corrected chi connectivity index (χ0v) is 10.8. The maximum absolute atomic E-state index is 11.6. The van der Waals surface area contributed by atoms with Crippen molar-refractivity contribution in [3.8, 4) is 0 Å². The van der Waals surface area contributed by atoms with Gasteiger partial charge in [-0.05, 0) is 37.0 Å². The topological polar surface area (TPSA) is 52.3 Å². The Hall–Kier alpha value is -1.51. The highest BCUT2D eigenvalue weighted by Gasteiger charge is 2.11. The minimum Gasteiger partial charge on any atom is -0.462 e. The number of carbonyl (C=O) groups excluding carboxylic acids is 1. The maximum Gasteiger partial charge on any atom is 0.310 e. The van der Waals surface area contributed by atoms with Crippen LogP contribution in [0.1, 0.15) is 32.8 Å². The summed E-state index contributed by atoms with van der Waals surface area (Å²) >= 11 is 0. The molecule has 1 aromatic carbocycles. The Kier molecular flexibility index (Phi) is 5.01. The fraction of sp³-hybridized carbons (Fsp3) is 0.500. The zero-order valence-electron chi connectivity index (χ0n) is 10.8. The highest BCUT2D eigenvalue weighted by Crippen LogP contribution is 2.10. The fourth-order valence-electron chi connectivity index (χ4n) is 1.78. The van der Waals surface area contributed by atoms with Crippen LogP contribution in [0.5, 0.6) is 0 Å². The number of rotatable bonds is 5. The van der Waals surface area contributed by atoms with E-state index < -0.39 is 0 Å².